The third-order valence-electron chi connectivity index (χ3n) is 5.90. The summed E-state index contributed by atoms with van der Waals surface area (Å²) in [4.78, 5) is 27.6. The van der Waals surface area contributed by atoms with Crippen molar-refractivity contribution < 1.29 is 23.8 Å². The van der Waals surface area contributed by atoms with Crippen LogP contribution in [0.2, 0.25) is 0 Å². The van der Waals surface area contributed by atoms with Gasteiger partial charge in [-0.2, -0.15) is 0 Å². The molecule has 1 aliphatic heterocycles. The lowest BCUT2D eigenvalue weighted by atomic mass is 9.85. The zero-order chi connectivity index (χ0) is 23.8. The van der Waals surface area contributed by atoms with Crippen molar-refractivity contribution in [3.05, 3.63) is 95.0 Å². The normalized spacial score (nSPS) is 18.1. The first-order valence-electron chi connectivity index (χ1n) is 10.8. The van der Waals surface area contributed by atoms with Crippen molar-refractivity contribution in [1.82, 2.24) is 4.90 Å². The van der Waals surface area contributed by atoms with E-state index in [0.29, 0.717) is 17.1 Å². The highest BCUT2D eigenvalue weighted by atomic mass is 16.5. The molecule has 2 aromatic carbocycles. The van der Waals surface area contributed by atoms with Gasteiger partial charge in [-0.25, -0.2) is 0 Å². The van der Waals surface area contributed by atoms with Crippen LogP contribution in [0.15, 0.2) is 76.9 Å². The molecule has 0 unspecified atom stereocenters. The summed E-state index contributed by atoms with van der Waals surface area (Å²) in [6.45, 7) is 6.47. The molecule has 33 heavy (non-hydrogen) atoms. The second-order valence-electron chi connectivity index (χ2n) is 9.11. The number of carbonyl (C=O) groups excluding carboxylic acids is 2. The number of aliphatic hydroxyl groups is 1. The van der Waals surface area contributed by atoms with E-state index in [-0.39, 0.29) is 23.3 Å². The standard InChI is InChI=1S/C27H27NO5/c1-27(2,3)19-11-7-17(8-12-19)23-22(24(29)18-9-13-20(32-4)14-10-18)25(30)26(31)28(23)16-21-6-5-15-33-21/h5-15,23,29H,16H2,1-4H3/t23-/m1/s1. The van der Waals surface area contributed by atoms with Crippen LogP contribution in [0.1, 0.15) is 49.3 Å². The van der Waals surface area contributed by atoms with Gasteiger partial charge in [0.05, 0.1) is 31.5 Å². The van der Waals surface area contributed by atoms with Gasteiger partial charge in [-0.15, -0.1) is 0 Å². The van der Waals surface area contributed by atoms with E-state index in [0.717, 1.165) is 11.1 Å². The Balaban J connectivity index is 1.83. The first-order chi connectivity index (χ1) is 15.7. The van der Waals surface area contributed by atoms with Gasteiger partial charge in [-0.3, -0.25) is 9.59 Å². The van der Waals surface area contributed by atoms with Gasteiger partial charge in [0.1, 0.15) is 17.3 Å². The fourth-order valence-electron chi connectivity index (χ4n) is 4.03. The highest BCUT2D eigenvalue weighted by Gasteiger charge is 2.46. The number of likely N-dealkylation sites (tertiary alicyclic amines) is 1. The molecule has 1 saturated heterocycles. The van der Waals surface area contributed by atoms with E-state index in [1.165, 1.54) is 11.2 Å². The number of ketones is 1. The molecule has 0 bridgehead atoms. The molecule has 0 aliphatic carbocycles. The van der Waals surface area contributed by atoms with Crippen LogP contribution in [0.5, 0.6) is 5.75 Å². The van der Waals surface area contributed by atoms with Gasteiger partial charge < -0.3 is 19.2 Å². The molecule has 1 aliphatic rings. The van der Waals surface area contributed by atoms with Crippen LogP contribution >= 0.6 is 0 Å². The number of methoxy groups -OCH3 is 1. The minimum atomic E-state index is -0.744. The van der Waals surface area contributed by atoms with Crippen LogP contribution in [0, 0.1) is 0 Å². The maximum absolute atomic E-state index is 13.1. The number of benzene rings is 2. The molecule has 0 radical (unpaired) electrons. The average molecular weight is 446 g/mol. The zero-order valence-electron chi connectivity index (χ0n) is 19.2. The molecule has 1 atom stereocenters. The number of furan rings is 1. The van der Waals surface area contributed by atoms with Crippen LogP contribution in [-0.4, -0.2) is 28.8 Å². The second kappa shape index (κ2) is 8.62. The predicted molar refractivity (Wildman–Crippen MR) is 125 cm³/mol. The lowest BCUT2D eigenvalue weighted by molar-refractivity contribution is -0.140. The largest absolute Gasteiger partial charge is 0.507 e. The Hall–Kier alpha value is -3.80. The monoisotopic (exact) mass is 445 g/mol. The minimum Gasteiger partial charge on any atom is -0.507 e. The number of hydrogen-bond donors (Lipinski definition) is 1. The van der Waals surface area contributed by atoms with Crippen molar-refractivity contribution in [3.8, 4) is 5.75 Å². The van der Waals surface area contributed by atoms with E-state index in [4.69, 9.17) is 9.15 Å². The molecule has 6 nitrogen and oxygen atoms in total. The predicted octanol–water partition coefficient (Wildman–Crippen LogP) is 5.21. The van der Waals surface area contributed by atoms with Gasteiger partial charge in [-0.05, 0) is 52.9 Å². The van der Waals surface area contributed by atoms with E-state index in [2.05, 4.69) is 20.8 Å². The maximum Gasteiger partial charge on any atom is 0.296 e. The molecule has 3 aromatic rings. The maximum atomic E-state index is 13.1. The van der Waals surface area contributed by atoms with Crippen molar-refractivity contribution in [1.29, 1.82) is 0 Å². The van der Waals surface area contributed by atoms with E-state index >= 15 is 0 Å². The summed E-state index contributed by atoms with van der Waals surface area (Å²) in [5.74, 6) is -0.439. The number of Topliss-reactive ketones (excluding diaryl/α,β-unsaturated/α-hetero) is 1. The van der Waals surface area contributed by atoms with Gasteiger partial charge >= 0.3 is 0 Å². The summed E-state index contributed by atoms with van der Waals surface area (Å²) in [5, 5.41) is 11.1. The Morgan fingerprint density at radius 2 is 1.70 bits per heavy atom. The summed E-state index contributed by atoms with van der Waals surface area (Å²) in [6, 6.07) is 17.3. The number of hydrogen-bond acceptors (Lipinski definition) is 5. The van der Waals surface area contributed by atoms with Crippen LogP contribution in [0.4, 0.5) is 0 Å². The van der Waals surface area contributed by atoms with E-state index < -0.39 is 17.7 Å². The molecule has 170 valence electrons. The summed E-state index contributed by atoms with van der Waals surface area (Å²) >= 11 is 0. The number of rotatable bonds is 5. The molecule has 0 saturated carbocycles. The van der Waals surface area contributed by atoms with E-state index in [1.807, 2.05) is 24.3 Å². The topological polar surface area (TPSA) is 80.0 Å². The highest BCUT2D eigenvalue weighted by molar-refractivity contribution is 6.46. The third-order valence-corrected chi connectivity index (χ3v) is 5.90. The second-order valence-corrected chi connectivity index (χ2v) is 9.11. The number of ether oxygens (including phenoxy) is 1. The van der Waals surface area contributed by atoms with E-state index in [1.54, 1.807) is 43.5 Å². The Bertz CT molecular complexity index is 1180. The molecule has 1 fully saturated rings. The molecule has 6 heteroatoms. The van der Waals surface area contributed by atoms with Gasteiger partial charge in [0.2, 0.25) is 0 Å². The van der Waals surface area contributed by atoms with Crippen LogP contribution < -0.4 is 4.74 Å². The van der Waals surface area contributed by atoms with E-state index in [9.17, 15) is 14.7 Å². The number of aliphatic hydroxyl groups excluding tert-OH is 1. The molecule has 1 amide bonds. The Kier molecular flexibility index (Phi) is 5.85. The summed E-state index contributed by atoms with van der Waals surface area (Å²) in [5.41, 5.74) is 2.31. The lowest BCUT2D eigenvalue weighted by Crippen LogP contribution is -2.29. The SMILES string of the molecule is COc1ccc(C(O)=C2C(=O)C(=O)N(Cc3ccco3)[C@@H]2c2ccc(C(C)(C)C)cc2)cc1. The Morgan fingerprint density at radius 3 is 2.24 bits per heavy atom. The summed E-state index contributed by atoms with van der Waals surface area (Å²) in [6.07, 6.45) is 1.52. The van der Waals surface area contributed by atoms with Gasteiger partial charge in [0.25, 0.3) is 11.7 Å². The first kappa shape index (κ1) is 22.4. The molecular weight excluding hydrogens is 418 g/mol. The van der Waals surface area contributed by atoms with Crippen LogP contribution in [0.3, 0.4) is 0 Å². The van der Waals surface area contributed by atoms with Crippen molar-refractivity contribution in [3.63, 3.8) is 0 Å². The molecule has 0 spiro atoms. The molecule has 1 aromatic heterocycles. The molecule has 1 N–H and O–H groups in total. The number of amides is 1. The number of nitrogens with zero attached hydrogens (tertiary/aromatic N) is 1. The summed E-state index contributed by atoms with van der Waals surface area (Å²) in [7, 11) is 1.55. The fraction of sp³-hybridized carbons (Fsp3) is 0.259. The third kappa shape index (κ3) is 4.29. The highest BCUT2D eigenvalue weighted by Crippen LogP contribution is 2.41. The first-order valence-corrected chi connectivity index (χ1v) is 10.8. The Morgan fingerprint density at radius 1 is 1.03 bits per heavy atom. The van der Waals surface area contributed by atoms with Gasteiger partial charge in [0, 0.05) is 5.56 Å². The lowest BCUT2D eigenvalue weighted by Gasteiger charge is -2.26. The average Bonchev–Trinajstić information content (AvgIpc) is 3.40. The molecule has 4 rings (SSSR count). The fourth-order valence-corrected chi connectivity index (χ4v) is 4.03. The van der Waals surface area contributed by atoms with Gasteiger partial charge in [-0.1, -0.05) is 45.0 Å². The molecular formula is C27H27NO5. The molecule has 2 heterocycles. The Labute approximate surface area is 193 Å². The smallest absolute Gasteiger partial charge is 0.296 e. The van der Waals surface area contributed by atoms with Crippen molar-refractivity contribution >= 4 is 17.4 Å². The van der Waals surface area contributed by atoms with Crippen molar-refractivity contribution in [2.75, 3.05) is 7.11 Å². The number of carbonyl (C=O) groups is 2. The summed E-state index contributed by atoms with van der Waals surface area (Å²) < 4.78 is 10.6. The van der Waals surface area contributed by atoms with Crippen molar-refractivity contribution in [2.24, 2.45) is 0 Å². The van der Waals surface area contributed by atoms with Crippen LogP contribution in [-0.2, 0) is 21.5 Å². The zero-order valence-corrected chi connectivity index (χ0v) is 19.2. The van der Waals surface area contributed by atoms with Crippen molar-refractivity contribution in [2.45, 2.75) is 38.8 Å². The van der Waals surface area contributed by atoms with Crippen LogP contribution in [0.25, 0.3) is 5.76 Å². The quantitative estimate of drug-likeness (QED) is 0.331. The minimum absolute atomic E-state index is 0.0440. The van der Waals surface area contributed by atoms with Gasteiger partial charge in [0.15, 0.2) is 0 Å².